The van der Waals surface area contributed by atoms with Crippen LogP contribution in [0.25, 0.3) is 0 Å². The van der Waals surface area contributed by atoms with Gasteiger partial charge in [0.25, 0.3) is 0 Å². The highest BCUT2D eigenvalue weighted by Gasteiger charge is 2.38. The molecule has 108 valence electrons. The van der Waals surface area contributed by atoms with Crippen molar-refractivity contribution < 1.29 is 38.1 Å². The molecule has 1 atom stereocenters. The van der Waals surface area contributed by atoms with Gasteiger partial charge in [0, 0.05) is 20.8 Å². The van der Waals surface area contributed by atoms with Gasteiger partial charge in [-0.3, -0.25) is 4.52 Å². The maximum atomic E-state index is 11.1. The molecule has 18 heavy (non-hydrogen) atoms. The molecule has 0 fully saturated rings. The van der Waals surface area contributed by atoms with Crippen molar-refractivity contribution in [2.24, 2.45) is 0 Å². The SMILES string of the molecule is CCCOCC(COP(=O)(O)C(=O)O)(OC)OC. The Kier molecular flexibility index (Phi) is 7.61. The van der Waals surface area contributed by atoms with Crippen molar-refractivity contribution in [3.8, 4) is 0 Å². The van der Waals surface area contributed by atoms with Crippen molar-refractivity contribution in [2.45, 2.75) is 19.1 Å². The summed E-state index contributed by atoms with van der Waals surface area (Å²) < 4.78 is 30.8. The third-order valence-corrected chi connectivity index (χ3v) is 3.08. The molecule has 0 bridgehead atoms. The zero-order valence-electron chi connectivity index (χ0n) is 10.6. The Morgan fingerprint density at radius 2 is 1.83 bits per heavy atom. The van der Waals surface area contributed by atoms with E-state index in [0.717, 1.165) is 6.42 Å². The van der Waals surface area contributed by atoms with Gasteiger partial charge in [0.15, 0.2) is 0 Å². The molecule has 1 unspecified atom stereocenters. The first kappa shape index (κ1) is 17.5. The van der Waals surface area contributed by atoms with E-state index in [2.05, 4.69) is 4.52 Å². The molecule has 8 nitrogen and oxygen atoms in total. The first-order chi connectivity index (χ1) is 8.33. The van der Waals surface area contributed by atoms with E-state index in [1.54, 1.807) is 0 Å². The van der Waals surface area contributed by atoms with Gasteiger partial charge in [-0.05, 0) is 6.42 Å². The summed E-state index contributed by atoms with van der Waals surface area (Å²) in [5.74, 6) is -1.41. The average Bonchev–Trinajstić information content (AvgIpc) is 2.34. The van der Waals surface area contributed by atoms with E-state index in [1.165, 1.54) is 14.2 Å². The van der Waals surface area contributed by atoms with Gasteiger partial charge in [-0.25, -0.2) is 9.36 Å². The Morgan fingerprint density at radius 1 is 1.28 bits per heavy atom. The molecule has 0 saturated carbocycles. The number of ether oxygens (including phenoxy) is 3. The minimum absolute atomic E-state index is 0.0482. The third kappa shape index (κ3) is 5.43. The summed E-state index contributed by atoms with van der Waals surface area (Å²) >= 11 is 0. The van der Waals surface area contributed by atoms with Gasteiger partial charge in [0.05, 0.1) is 0 Å². The Morgan fingerprint density at radius 3 is 2.22 bits per heavy atom. The molecule has 0 rings (SSSR count). The van der Waals surface area contributed by atoms with Crippen LogP contribution >= 0.6 is 7.60 Å². The van der Waals surface area contributed by atoms with Crippen LogP contribution in [-0.2, 0) is 23.3 Å². The largest absolute Gasteiger partial charge is 0.472 e. The molecule has 0 saturated heterocycles. The highest BCUT2D eigenvalue weighted by Crippen LogP contribution is 2.43. The quantitative estimate of drug-likeness (QED) is 0.351. The van der Waals surface area contributed by atoms with E-state index in [1.807, 2.05) is 6.92 Å². The van der Waals surface area contributed by atoms with Crippen LogP contribution in [0.3, 0.4) is 0 Å². The van der Waals surface area contributed by atoms with Crippen LogP contribution in [0.4, 0.5) is 4.79 Å². The maximum absolute atomic E-state index is 11.1. The molecule has 0 aliphatic rings. The summed E-state index contributed by atoms with van der Waals surface area (Å²) in [5.41, 5.74) is -1.93. The van der Waals surface area contributed by atoms with Crippen molar-refractivity contribution in [2.75, 3.05) is 34.0 Å². The standard InChI is InChI=1S/C9H19O8P/c1-4-5-16-6-9(14-2,15-3)7-17-18(12,13)8(10)11/h4-7H2,1-3H3,(H,10,11)(H,12,13). The van der Waals surface area contributed by atoms with E-state index >= 15 is 0 Å². The molecule has 9 heteroatoms. The predicted octanol–water partition coefficient (Wildman–Crippen LogP) is 1.28. The molecule has 0 aliphatic heterocycles. The molecule has 0 heterocycles. The van der Waals surface area contributed by atoms with Crippen molar-refractivity contribution in [1.29, 1.82) is 0 Å². The van der Waals surface area contributed by atoms with E-state index in [-0.39, 0.29) is 6.61 Å². The minimum atomic E-state index is -4.73. The second-order valence-corrected chi connectivity index (χ2v) is 5.13. The highest BCUT2D eigenvalue weighted by atomic mass is 31.2. The number of hydrogen-bond donors (Lipinski definition) is 2. The fourth-order valence-corrected chi connectivity index (χ4v) is 1.46. The Balaban J connectivity index is 4.51. The van der Waals surface area contributed by atoms with Crippen LogP contribution in [0.2, 0.25) is 0 Å². The monoisotopic (exact) mass is 286 g/mol. The summed E-state index contributed by atoms with van der Waals surface area (Å²) in [6, 6.07) is 0. The van der Waals surface area contributed by atoms with Crippen LogP contribution in [0, 0.1) is 0 Å². The fourth-order valence-electron chi connectivity index (χ4n) is 0.974. The lowest BCUT2D eigenvalue weighted by atomic mass is 10.3. The number of methoxy groups -OCH3 is 2. The topological polar surface area (TPSA) is 112 Å². The average molecular weight is 286 g/mol. The summed E-state index contributed by atoms with van der Waals surface area (Å²) in [4.78, 5) is 19.4. The first-order valence-corrected chi connectivity index (χ1v) is 6.80. The van der Waals surface area contributed by atoms with Gasteiger partial charge < -0.3 is 24.2 Å². The molecule has 0 aromatic heterocycles. The molecular weight excluding hydrogens is 267 g/mol. The van der Waals surface area contributed by atoms with Crippen LogP contribution in [0.5, 0.6) is 0 Å². The predicted molar refractivity (Wildman–Crippen MR) is 61.7 cm³/mol. The molecular formula is C9H19O8P. The first-order valence-electron chi connectivity index (χ1n) is 5.22. The zero-order chi connectivity index (χ0) is 14.2. The summed E-state index contributed by atoms with van der Waals surface area (Å²) in [6.45, 7) is 1.77. The number of rotatable bonds is 10. The van der Waals surface area contributed by atoms with Crippen molar-refractivity contribution in [3.05, 3.63) is 0 Å². The molecule has 0 radical (unpaired) electrons. The normalized spacial score (nSPS) is 15.3. The maximum Gasteiger partial charge on any atom is 0.435 e. The van der Waals surface area contributed by atoms with Gasteiger partial charge in [-0.15, -0.1) is 0 Å². The van der Waals surface area contributed by atoms with Crippen molar-refractivity contribution in [1.82, 2.24) is 0 Å². The highest BCUT2D eigenvalue weighted by molar-refractivity contribution is 7.70. The third-order valence-electron chi connectivity index (χ3n) is 2.12. The van der Waals surface area contributed by atoms with Crippen LogP contribution < -0.4 is 0 Å². The Hall–Kier alpha value is -0.500. The smallest absolute Gasteiger partial charge is 0.435 e. The fraction of sp³-hybridized carbons (Fsp3) is 0.889. The van der Waals surface area contributed by atoms with E-state index in [9.17, 15) is 9.36 Å². The van der Waals surface area contributed by atoms with E-state index in [4.69, 9.17) is 24.2 Å². The molecule has 0 aliphatic carbocycles. The van der Waals surface area contributed by atoms with Gasteiger partial charge in [0.2, 0.25) is 5.79 Å². The van der Waals surface area contributed by atoms with Crippen LogP contribution in [0.15, 0.2) is 0 Å². The minimum Gasteiger partial charge on any atom is -0.472 e. The lowest BCUT2D eigenvalue weighted by Gasteiger charge is -2.30. The van der Waals surface area contributed by atoms with Gasteiger partial charge in [-0.1, -0.05) is 6.92 Å². The molecule has 0 spiro atoms. The second-order valence-electron chi connectivity index (χ2n) is 3.45. The summed E-state index contributed by atoms with van der Waals surface area (Å²) in [5, 5.41) is 8.45. The van der Waals surface area contributed by atoms with E-state index < -0.39 is 25.7 Å². The molecule has 2 N–H and O–H groups in total. The molecule has 0 amide bonds. The Labute approximate surface area is 105 Å². The number of carboxylic acid groups (broad SMARTS) is 1. The van der Waals surface area contributed by atoms with Crippen molar-refractivity contribution >= 4 is 13.3 Å². The van der Waals surface area contributed by atoms with Crippen molar-refractivity contribution in [3.63, 3.8) is 0 Å². The number of hydrogen-bond acceptors (Lipinski definition) is 6. The van der Waals surface area contributed by atoms with Crippen LogP contribution in [0.1, 0.15) is 13.3 Å². The van der Waals surface area contributed by atoms with Gasteiger partial charge in [-0.2, -0.15) is 0 Å². The number of carbonyl (C=O) groups is 1. The second kappa shape index (κ2) is 7.83. The van der Waals surface area contributed by atoms with Crippen LogP contribution in [-0.4, -0.2) is 55.5 Å². The molecule has 0 aromatic carbocycles. The lowest BCUT2D eigenvalue weighted by Crippen LogP contribution is -2.43. The summed E-state index contributed by atoms with van der Waals surface area (Å²) in [6.07, 6.45) is 0.776. The van der Waals surface area contributed by atoms with Gasteiger partial charge >= 0.3 is 13.3 Å². The zero-order valence-corrected chi connectivity index (χ0v) is 11.5. The van der Waals surface area contributed by atoms with E-state index in [0.29, 0.717) is 6.61 Å². The lowest BCUT2D eigenvalue weighted by molar-refractivity contribution is -0.248. The molecule has 0 aromatic rings. The summed E-state index contributed by atoms with van der Waals surface area (Å²) in [7, 11) is -2.13. The Bertz CT molecular complexity index is 301. The van der Waals surface area contributed by atoms with Gasteiger partial charge in [0.1, 0.15) is 13.2 Å².